The number of amides is 1. The molecule has 1 aromatic rings. The lowest BCUT2D eigenvalue weighted by atomic mass is 10.1. The summed E-state index contributed by atoms with van der Waals surface area (Å²) in [6, 6.07) is 5.87. The molecule has 1 rings (SSSR count). The van der Waals surface area contributed by atoms with Crippen LogP contribution in [0.5, 0.6) is 0 Å². The predicted molar refractivity (Wildman–Crippen MR) is 74.4 cm³/mol. The Hall–Kier alpha value is -0.870. The van der Waals surface area contributed by atoms with Crippen molar-refractivity contribution in [2.45, 2.75) is 19.9 Å². The molecule has 0 aliphatic heterocycles. The van der Waals surface area contributed by atoms with Gasteiger partial charge in [-0.1, -0.05) is 22.0 Å². The summed E-state index contributed by atoms with van der Waals surface area (Å²) < 4.78 is 0.925. The molecule has 0 bridgehead atoms. The molecule has 0 aliphatic carbocycles. The zero-order valence-corrected chi connectivity index (χ0v) is 12.3. The maximum Gasteiger partial charge on any atom is 0.251 e. The van der Waals surface area contributed by atoms with Crippen molar-refractivity contribution in [1.82, 2.24) is 10.2 Å². The number of nitrogens with zero attached hydrogens (tertiary/aromatic N) is 1. The predicted octanol–water partition coefficient (Wildman–Crippen LogP) is 2.44. The quantitative estimate of drug-likeness (QED) is 0.926. The summed E-state index contributed by atoms with van der Waals surface area (Å²) in [5.41, 5.74) is 1.72. The number of nitrogens with one attached hydrogen (secondary N) is 1. The van der Waals surface area contributed by atoms with Crippen LogP contribution in [0.4, 0.5) is 0 Å². The number of benzene rings is 1. The number of rotatable bonds is 4. The van der Waals surface area contributed by atoms with Crippen molar-refractivity contribution in [3.8, 4) is 0 Å². The van der Waals surface area contributed by atoms with Crippen LogP contribution in [0.3, 0.4) is 0 Å². The highest BCUT2D eigenvalue weighted by Gasteiger charge is 2.12. The average Bonchev–Trinajstić information content (AvgIpc) is 2.20. The van der Waals surface area contributed by atoms with Gasteiger partial charge >= 0.3 is 0 Å². The Morgan fingerprint density at radius 2 is 2.12 bits per heavy atom. The third-order valence-corrected chi connectivity index (χ3v) is 2.95. The first-order valence-corrected chi connectivity index (χ1v) is 6.41. The lowest BCUT2D eigenvalue weighted by molar-refractivity contribution is 0.0933. The molecule has 0 saturated heterocycles. The number of aryl methyl sites for hydroxylation is 1. The Morgan fingerprint density at radius 3 is 2.71 bits per heavy atom. The van der Waals surface area contributed by atoms with Crippen molar-refractivity contribution < 1.29 is 4.79 Å². The summed E-state index contributed by atoms with van der Waals surface area (Å²) in [5.74, 6) is -0.0156. The van der Waals surface area contributed by atoms with Crippen molar-refractivity contribution in [2.24, 2.45) is 0 Å². The van der Waals surface area contributed by atoms with Gasteiger partial charge in [0.2, 0.25) is 0 Å². The molecule has 4 heteroatoms. The number of hydrogen-bond acceptors (Lipinski definition) is 2. The SMILES string of the molecule is Cc1ccc(Br)cc1C(=O)NC(C)CN(C)C. The van der Waals surface area contributed by atoms with Gasteiger partial charge in [0.25, 0.3) is 5.91 Å². The lowest BCUT2D eigenvalue weighted by Gasteiger charge is -2.18. The molecule has 17 heavy (non-hydrogen) atoms. The van der Waals surface area contributed by atoms with Crippen molar-refractivity contribution in [3.63, 3.8) is 0 Å². The van der Waals surface area contributed by atoms with Gasteiger partial charge in [-0.25, -0.2) is 0 Å². The molecular formula is C13H19BrN2O. The van der Waals surface area contributed by atoms with Crippen LogP contribution in [-0.2, 0) is 0 Å². The molecular weight excluding hydrogens is 280 g/mol. The molecule has 0 saturated carbocycles. The van der Waals surface area contributed by atoms with Gasteiger partial charge in [0.15, 0.2) is 0 Å². The van der Waals surface area contributed by atoms with Crippen LogP contribution in [0.15, 0.2) is 22.7 Å². The third-order valence-electron chi connectivity index (χ3n) is 2.46. The minimum Gasteiger partial charge on any atom is -0.348 e. The third kappa shape index (κ3) is 4.48. The van der Waals surface area contributed by atoms with Crippen LogP contribution in [-0.4, -0.2) is 37.5 Å². The van der Waals surface area contributed by atoms with Gasteiger partial charge < -0.3 is 10.2 Å². The maximum atomic E-state index is 12.1. The Balaban J connectivity index is 2.73. The van der Waals surface area contributed by atoms with E-state index in [0.29, 0.717) is 0 Å². The van der Waals surface area contributed by atoms with Crippen LogP contribution in [0, 0.1) is 6.92 Å². The number of carbonyl (C=O) groups excluding carboxylic acids is 1. The molecule has 0 heterocycles. The van der Waals surface area contributed by atoms with Crippen molar-refractivity contribution in [3.05, 3.63) is 33.8 Å². The van der Waals surface area contributed by atoms with Gasteiger partial charge in [-0.05, 0) is 45.6 Å². The molecule has 0 fully saturated rings. The van der Waals surface area contributed by atoms with Gasteiger partial charge in [-0.3, -0.25) is 4.79 Å². The number of halogens is 1. The normalized spacial score (nSPS) is 12.6. The molecule has 0 spiro atoms. The van der Waals surface area contributed by atoms with Crippen LogP contribution in [0.2, 0.25) is 0 Å². The fraction of sp³-hybridized carbons (Fsp3) is 0.462. The van der Waals surface area contributed by atoms with Crippen molar-refractivity contribution in [2.75, 3.05) is 20.6 Å². The highest BCUT2D eigenvalue weighted by atomic mass is 79.9. The van der Waals surface area contributed by atoms with E-state index in [0.717, 1.165) is 22.1 Å². The fourth-order valence-electron chi connectivity index (χ4n) is 1.73. The van der Waals surface area contributed by atoms with Gasteiger partial charge in [0.1, 0.15) is 0 Å². The highest BCUT2D eigenvalue weighted by molar-refractivity contribution is 9.10. The van der Waals surface area contributed by atoms with E-state index in [-0.39, 0.29) is 11.9 Å². The van der Waals surface area contributed by atoms with Gasteiger partial charge in [0.05, 0.1) is 0 Å². The van der Waals surface area contributed by atoms with Gasteiger partial charge in [-0.15, -0.1) is 0 Å². The Morgan fingerprint density at radius 1 is 1.47 bits per heavy atom. The molecule has 1 aromatic carbocycles. The van der Waals surface area contributed by atoms with E-state index in [4.69, 9.17) is 0 Å². The molecule has 3 nitrogen and oxygen atoms in total. The molecule has 94 valence electrons. The lowest BCUT2D eigenvalue weighted by Crippen LogP contribution is -2.39. The molecule has 0 aliphatic rings. The first-order chi connectivity index (χ1) is 7.90. The van der Waals surface area contributed by atoms with Crippen molar-refractivity contribution in [1.29, 1.82) is 0 Å². The van der Waals surface area contributed by atoms with E-state index in [9.17, 15) is 4.79 Å². The second-order valence-electron chi connectivity index (χ2n) is 4.60. The molecule has 0 aromatic heterocycles. The van der Waals surface area contributed by atoms with E-state index in [1.165, 1.54) is 0 Å². The molecule has 1 amide bonds. The first-order valence-electron chi connectivity index (χ1n) is 5.62. The summed E-state index contributed by atoms with van der Waals surface area (Å²) in [6.45, 7) is 4.78. The maximum absolute atomic E-state index is 12.1. The summed E-state index contributed by atoms with van der Waals surface area (Å²) in [4.78, 5) is 14.1. The average molecular weight is 299 g/mol. The standard InChI is InChI=1S/C13H19BrN2O/c1-9-5-6-11(14)7-12(9)13(17)15-10(2)8-16(3)4/h5-7,10H,8H2,1-4H3,(H,15,17). The van der Waals surface area contributed by atoms with E-state index in [1.54, 1.807) is 0 Å². The Bertz CT molecular complexity index is 404. The summed E-state index contributed by atoms with van der Waals surface area (Å²) >= 11 is 3.38. The summed E-state index contributed by atoms with van der Waals surface area (Å²) in [7, 11) is 3.99. The molecule has 1 unspecified atom stereocenters. The minimum absolute atomic E-state index is 0.0156. The van der Waals surface area contributed by atoms with E-state index in [1.807, 2.05) is 46.1 Å². The molecule has 1 atom stereocenters. The zero-order chi connectivity index (χ0) is 13.0. The minimum atomic E-state index is -0.0156. The monoisotopic (exact) mass is 298 g/mol. The Labute approximate surface area is 111 Å². The topological polar surface area (TPSA) is 32.3 Å². The van der Waals surface area contributed by atoms with Crippen molar-refractivity contribution >= 4 is 21.8 Å². The van der Waals surface area contributed by atoms with E-state index in [2.05, 4.69) is 26.1 Å². The number of likely N-dealkylation sites (N-methyl/N-ethyl adjacent to an activating group) is 1. The highest BCUT2D eigenvalue weighted by Crippen LogP contribution is 2.16. The van der Waals surface area contributed by atoms with Crippen LogP contribution < -0.4 is 5.32 Å². The van der Waals surface area contributed by atoms with Crippen LogP contribution >= 0.6 is 15.9 Å². The molecule has 1 N–H and O–H groups in total. The van der Waals surface area contributed by atoms with Gasteiger partial charge in [0, 0.05) is 22.6 Å². The van der Waals surface area contributed by atoms with Crippen LogP contribution in [0.25, 0.3) is 0 Å². The molecule has 0 radical (unpaired) electrons. The Kier molecular flexibility index (Phi) is 5.15. The van der Waals surface area contributed by atoms with Gasteiger partial charge in [-0.2, -0.15) is 0 Å². The van der Waals surface area contributed by atoms with E-state index < -0.39 is 0 Å². The smallest absolute Gasteiger partial charge is 0.251 e. The second-order valence-corrected chi connectivity index (χ2v) is 5.51. The largest absolute Gasteiger partial charge is 0.348 e. The number of hydrogen-bond donors (Lipinski definition) is 1. The van der Waals surface area contributed by atoms with Crippen LogP contribution in [0.1, 0.15) is 22.8 Å². The second kappa shape index (κ2) is 6.17. The van der Waals surface area contributed by atoms with E-state index >= 15 is 0 Å². The first kappa shape index (κ1) is 14.2. The fourth-order valence-corrected chi connectivity index (χ4v) is 2.09. The number of carbonyl (C=O) groups is 1. The summed E-state index contributed by atoms with van der Waals surface area (Å²) in [5, 5.41) is 2.99. The summed E-state index contributed by atoms with van der Waals surface area (Å²) in [6.07, 6.45) is 0. The zero-order valence-electron chi connectivity index (χ0n) is 10.7.